The van der Waals surface area contributed by atoms with Crippen molar-refractivity contribution in [2.75, 3.05) is 26.8 Å². The Bertz CT molecular complexity index is 735. The number of benzene rings is 1. The summed E-state index contributed by atoms with van der Waals surface area (Å²) >= 11 is 0. The fourth-order valence-electron chi connectivity index (χ4n) is 2.33. The van der Waals surface area contributed by atoms with E-state index in [0.29, 0.717) is 24.1 Å². The smallest absolute Gasteiger partial charge is 0.219 e. The number of aromatic nitrogens is 1. The van der Waals surface area contributed by atoms with Gasteiger partial charge in [0, 0.05) is 51.7 Å². The fourth-order valence-corrected chi connectivity index (χ4v) is 2.33. The van der Waals surface area contributed by atoms with E-state index in [1.165, 1.54) is 12.1 Å². The molecule has 1 aromatic carbocycles. The lowest BCUT2D eigenvalue weighted by Crippen LogP contribution is -2.37. The largest absolute Gasteiger partial charge is 0.439 e. The van der Waals surface area contributed by atoms with Crippen LogP contribution in [0.1, 0.15) is 25.8 Å². The quantitative estimate of drug-likeness (QED) is 0.369. The van der Waals surface area contributed by atoms with Crippen molar-refractivity contribution in [3.05, 3.63) is 54.0 Å². The lowest BCUT2D eigenvalue weighted by atomic mass is 10.2. The first kappa shape index (κ1) is 21.6. The second-order valence-corrected chi connectivity index (χ2v) is 6.74. The Morgan fingerprint density at radius 2 is 2.07 bits per heavy atom. The molecular formula is C21H29FN4O2. The summed E-state index contributed by atoms with van der Waals surface area (Å²) in [5.74, 6) is 1.77. The molecule has 152 valence electrons. The van der Waals surface area contributed by atoms with Crippen molar-refractivity contribution in [1.29, 1.82) is 0 Å². The molecule has 0 unspecified atom stereocenters. The van der Waals surface area contributed by atoms with Gasteiger partial charge in [0.25, 0.3) is 0 Å². The number of nitrogens with zero attached hydrogens (tertiary/aromatic N) is 2. The monoisotopic (exact) mass is 388 g/mol. The van der Waals surface area contributed by atoms with Crippen molar-refractivity contribution >= 4 is 5.96 Å². The summed E-state index contributed by atoms with van der Waals surface area (Å²) in [4.78, 5) is 8.46. The third-order valence-corrected chi connectivity index (χ3v) is 3.71. The van der Waals surface area contributed by atoms with Crippen LogP contribution in [0, 0.1) is 11.7 Å². The normalized spacial score (nSPS) is 11.5. The summed E-state index contributed by atoms with van der Waals surface area (Å²) in [7, 11) is 1.73. The molecule has 28 heavy (non-hydrogen) atoms. The van der Waals surface area contributed by atoms with Crippen molar-refractivity contribution in [3.63, 3.8) is 0 Å². The summed E-state index contributed by atoms with van der Waals surface area (Å²) in [6.45, 7) is 7.17. The number of halogens is 1. The van der Waals surface area contributed by atoms with Crippen molar-refractivity contribution in [3.8, 4) is 11.6 Å². The molecule has 0 bridgehead atoms. The molecule has 0 spiro atoms. The Balaban J connectivity index is 1.71. The highest BCUT2D eigenvalue weighted by atomic mass is 19.1. The van der Waals surface area contributed by atoms with E-state index in [2.05, 4.69) is 34.5 Å². The molecule has 7 heteroatoms. The minimum atomic E-state index is -0.344. The number of rotatable bonds is 10. The molecule has 0 aliphatic rings. The molecule has 0 aliphatic carbocycles. The number of pyridine rings is 1. The minimum Gasteiger partial charge on any atom is -0.439 e. The number of ether oxygens (including phenoxy) is 2. The van der Waals surface area contributed by atoms with Gasteiger partial charge in [-0.1, -0.05) is 26.0 Å². The predicted octanol–water partition coefficient (Wildman–Crippen LogP) is 3.74. The second kappa shape index (κ2) is 11.9. The van der Waals surface area contributed by atoms with Gasteiger partial charge in [-0.25, -0.2) is 9.37 Å². The molecule has 1 heterocycles. The Morgan fingerprint density at radius 3 is 2.75 bits per heavy atom. The molecule has 0 radical (unpaired) electrons. The van der Waals surface area contributed by atoms with E-state index in [0.717, 1.165) is 37.7 Å². The Labute approximate surface area is 166 Å². The molecule has 0 atom stereocenters. The van der Waals surface area contributed by atoms with Gasteiger partial charge in [0.05, 0.1) is 0 Å². The zero-order valence-electron chi connectivity index (χ0n) is 16.7. The predicted molar refractivity (Wildman–Crippen MR) is 109 cm³/mol. The highest BCUT2D eigenvalue weighted by molar-refractivity contribution is 5.79. The van der Waals surface area contributed by atoms with E-state index in [1.54, 1.807) is 31.4 Å². The summed E-state index contributed by atoms with van der Waals surface area (Å²) in [6, 6.07) is 9.63. The van der Waals surface area contributed by atoms with Crippen molar-refractivity contribution in [1.82, 2.24) is 15.6 Å². The van der Waals surface area contributed by atoms with Crippen LogP contribution < -0.4 is 15.4 Å². The number of aliphatic imine (C=N–C) groups is 1. The number of hydrogen-bond donors (Lipinski definition) is 2. The van der Waals surface area contributed by atoms with Crippen LogP contribution >= 0.6 is 0 Å². The zero-order valence-corrected chi connectivity index (χ0v) is 16.7. The first-order valence-corrected chi connectivity index (χ1v) is 9.47. The van der Waals surface area contributed by atoms with Crippen LogP contribution in [-0.2, 0) is 11.3 Å². The molecule has 2 aromatic rings. The molecule has 0 fully saturated rings. The Hall–Kier alpha value is -2.67. The van der Waals surface area contributed by atoms with Crippen LogP contribution in [0.25, 0.3) is 0 Å². The van der Waals surface area contributed by atoms with E-state index in [4.69, 9.17) is 9.47 Å². The molecule has 2 rings (SSSR count). The van der Waals surface area contributed by atoms with Gasteiger partial charge in [-0.05, 0) is 30.0 Å². The van der Waals surface area contributed by atoms with Crippen LogP contribution in [-0.4, -0.2) is 37.7 Å². The second-order valence-electron chi connectivity index (χ2n) is 6.74. The van der Waals surface area contributed by atoms with Crippen molar-refractivity contribution in [2.45, 2.75) is 26.8 Å². The van der Waals surface area contributed by atoms with Crippen LogP contribution in [0.15, 0.2) is 47.6 Å². The van der Waals surface area contributed by atoms with Crippen LogP contribution in [0.4, 0.5) is 4.39 Å². The van der Waals surface area contributed by atoms with E-state index < -0.39 is 0 Å². The molecule has 6 nitrogen and oxygen atoms in total. The first-order valence-electron chi connectivity index (χ1n) is 9.47. The number of guanidine groups is 1. The van der Waals surface area contributed by atoms with Gasteiger partial charge in [0.2, 0.25) is 5.88 Å². The number of nitrogens with one attached hydrogen (secondary N) is 2. The van der Waals surface area contributed by atoms with Crippen molar-refractivity contribution < 1.29 is 13.9 Å². The summed E-state index contributed by atoms with van der Waals surface area (Å²) < 4.78 is 24.3. The molecule has 0 saturated heterocycles. The number of hydrogen-bond acceptors (Lipinski definition) is 4. The summed E-state index contributed by atoms with van der Waals surface area (Å²) in [5.41, 5.74) is 0.981. The third kappa shape index (κ3) is 8.35. The summed E-state index contributed by atoms with van der Waals surface area (Å²) in [5, 5.41) is 6.49. The maximum atomic E-state index is 13.2. The maximum Gasteiger partial charge on any atom is 0.219 e. The topological polar surface area (TPSA) is 67.8 Å². The lowest BCUT2D eigenvalue weighted by Gasteiger charge is -2.12. The van der Waals surface area contributed by atoms with E-state index in [1.807, 2.05) is 6.07 Å². The molecule has 0 saturated carbocycles. The lowest BCUT2D eigenvalue weighted by molar-refractivity contribution is 0.108. The first-order chi connectivity index (χ1) is 13.6. The van der Waals surface area contributed by atoms with Gasteiger partial charge in [-0.15, -0.1) is 0 Å². The minimum absolute atomic E-state index is 0.344. The Morgan fingerprint density at radius 1 is 1.21 bits per heavy atom. The van der Waals surface area contributed by atoms with E-state index >= 15 is 0 Å². The van der Waals surface area contributed by atoms with Crippen LogP contribution in [0.2, 0.25) is 0 Å². The van der Waals surface area contributed by atoms with Crippen LogP contribution in [0.3, 0.4) is 0 Å². The highest BCUT2D eigenvalue weighted by Crippen LogP contribution is 2.19. The highest BCUT2D eigenvalue weighted by Gasteiger charge is 2.02. The van der Waals surface area contributed by atoms with Crippen molar-refractivity contribution in [2.24, 2.45) is 10.9 Å². The van der Waals surface area contributed by atoms with Gasteiger partial charge >= 0.3 is 0 Å². The van der Waals surface area contributed by atoms with Gasteiger partial charge in [-0.3, -0.25) is 4.99 Å². The van der Waals surface area contributed by atoms with Gasteiger partial charge in [0.15, 0.2) is 5.96 Å². The molecule has 0 aliphatic heterocycles. The molecular weight excluding hydrogens is 359 g/mol. The molecule has 1 aromatic heterocycles. The van der Waals surface area contributed by atoms with Gasteiger partial charge in [-0.2, -0.15) is 0 Å². The average molecular weight is 388 g/mol. The van der Waals surface area contributed by atoms with Crippen LogP contribution in [0.5, 0.6) is 11.6 Å². The molecule has 0 amide bonds. The van der Waals surface area contributed by atoms with E-state index in [-0.39, 0.29) is 5.82 Å². The zero-order chi connectivity index (χ0) is 20.2. The Kier molecular flexibility index (Phi) is 9.21. The van der Waals surface area contributed by atoms with Gasteiger partial charge in [0.1, 0.15) is 11.6 Å². The fraction of sp³-hybridized carbons (Fsp3) is 0.429. The van der Waals surface area contributed by atoms with E-state index in [9.17, 15) is 4.39 Å². The average Bonchev–Trinajstić information content (AvgIpc) is 2.68. The molecule has 2 N–H and O–H groups in total. The standard InChI is InChI=1S/C21H29FN4O2/c1-16(2)15-27-11-5-10-24-21(23-3)26-14-17-8-9-20(25-13-17)28-19-7-4-6-18(22)12-19/h4,6-9,12-13,16H,5,10-11,14-15H2,1-3H3,(H2,23,24,26). The van der Waals surface area contributed by atoms with Gasteiger partial charge < -0.3 is 20.1 Å². The maximum absolute atomic E-state index is 13.2. The third-order valence-electron chi connectivity index (χ3n) is 3.71. The SMILES string of the molecule is CN=C(NCCCOCC(C)C)NCc1ccc(Oc2cccc(F)c2)nc1. The summed E-state index contributed by atoms with van der Waals surface area (Å²) in [6.07, 6.45) is 2.63.